The number of aliphatic hydroxyl groups excluding tert-OH is 1. The molecule has 0 unspecified atom stereocenters. The summed E-state index contributed by atoms with van der Waals surface area (Å²) < 4.78 is 74.9. The molecule has 9 heteroatoms. The predicted octanol–water partition coefficient (Wildman–Crippen LogP) is 1.97. The van der Waals surface area contributed by atoms with Gasteiger partial charge in [0.15, 0.2) is 0 Å². The van der Waals surface area contributed by atoms with Crippen LogP contribution in [0.3, 0.4) is 0 Å². The van der Waals surface area contributed by atoms with E-state index in [1.165, 1.54) is 17.7 Å². The molecular weight excluding hydrogens is 314 g/mol. The summed E-state index contributed by atoms with van der Waals surface area (Å²) >= 11 is 0. The number of benzene rings is 1. The number of halogens is 4. The van der Waals surface area contributed by atoms with Crippen molar-refractivity contribution in [2.75, 3.05) is 6.54 Å². The lowest BCUT2D eigenvalue weighted by molar-refractivity contribution is -0.122. The lowest BCUT2D eigenvalue weighted by Gasteiger charge is -2.17. The predicted molar refractivity (Wildman–Crippen MR) is 68.0 cm³/mol. The topological polar surface area (TPSA) is 66.4 Å². The van der Waals surface area contributed by atoms with Crippen LogP contribution in [-0.2, 0) is 16.6 Å². The molecule has 0 heterocycles. The lowest BCUT2D eigenvalue weighted by Crippen LogP contribution is -2.41. The number of sulfonamides is 1. The van der Waals surface area contributed by atoms with Gasteiger partial charge in [-0.15, -0.1) is 0 Å². The van der Waals surface area contributed by atoms with Crippen LogP contribution in [0.5, 0.6) is 0 Å². The van der Waals surface area contributed by atoms with Gasteiger partial charge < -0.3 is 5.11 Å². The second-order valence-electron chi connectivity index (χ2n) is 4.59. The highest BCUT2D eigenvalue weighted by Crippen LogP contribution is 2.24. The molecule has 4 nitrogen and oxygen atoms in total. The summed E-state index contributed by atoms with van der Waals surface area (Å²) in [5.41, 5.74) is 1.20. The first-order valence-electron chi connectivity index (χ1n) is 5.88. The van der Waals surface area contributed by atoms with E-state index in [1.807, 2.05) is 0 Å². The Balaban J connectivity index is 3.09. The van der Waals surface area contributed by atoms with Crippen LogP contribution in [0.25, 0.3) is 0 Å². The maximum absolute atomic E-state index is 12.8. The summed E-state index contributed by atoms with van der Waals surface area (Å²) in [4.78, 5) is -0.331. The highest BCUT2D eigenvalue weighted by Gasteiger charge is 2.41. The Bertz CT molecular complexity index is 617. The van der Waals surface area contributed by atoms with Gasteiger partial charge in [0.2, 0.25) is 10.0 Å². The molecule has 0 fully saturated rings. The molecule has 0 radical (unpaired) electrons. The summed E-state index contributed by atoms with van der Waals surface area (Å²) in [6, 6.07) is 2.60. The van der Waals surface area contributed by atoms with Gasteiger partial charge in [-0.1, -0.05) is 6.07 Å². The summed E-state index contributed by atoms with van der Waals surface area (Å²) in [5, 5.41) is 9.10. The van der Waals surface area contributed by atoms with Crippen molar-refractivity contribution in [1.29, 1.82) is 0 Å². The molecule has 0 atom stereocenters. The fourth-order valence-corrected chi connectivity index (χ4v) is 3.00. The fourth-order valence-electron chi connectivity index (χ4n) is 1.68. The third-order valence-corrected chi connectivity index (χ3v) is 4.45. The van der Waals surface area contributed by atoms with Crippen molar-refractivity contribution in [2.24, 2.45) is 0 Å². The average molecular weight is 329 g/mol. The molecule has 0 aliphatic heterocycles. The Morgan fingerprint density at radius 2 is 1.81 bits per heavy atom. The normalized spacial score (nSPS) is 13.0. The molecule has 0 saturated carbocycles. The zero-order valence-corrected chi connectivity index (χ0v) is 12.1. The Morgan fingerprint density at radius 1 is 1.24 bits per heavy atom. The van der Waals surface area contributed by atoms with Crippen LogP contribution in [0, 0.1) is 13.8 Å². The molecule has 0 aromatic heterocycles. The Morgan fingerprint density at radius 3 is 2.29 bits per heavy atom. The first kappa shape index (κ1) is 17.9. The van der Waals surface area contributed by atoms with Crippen molar-refractivity contribution in [1.82, 2.24) is 4.72 Å². The first-order valence-corrected chi connectivity index (χ1v) is 7.36. The van der Waals surface area contributed by atoms with E-state index in [-0.39, 0.29) is 10.5 Å². The lowest BCUT2D eigenvalue weighted by atomic mass is 10.1. The number of alkyl halides is 4. The minimum atomic E-state index is -4.45. The summed E-state index contributed by atoms with van der Waals surface area (Å²) in [6.45, 7) is 0.956. The summed E-state index contributed by atoms with van der Waals surface area (Å²) in [5.74, 6) is -4.45. The van der Waals surface area contributed by atoms with Gasteiger partial charge >= 0.3 is 12.3 Å². The van der Waals surface area contributed by atoms with Gasteiger partial charge in [-0.2, -0.15) is 8.78 Å². The van der Waals surface area contributed by atoms with Gasteiger partial charge in [0.05, 0.1) is 18.0 Å². The molecule has 0 bridgehead atoms. The Labute approximate surface area is 119 Å². The maximum atomic E-state index is 12.8. The Kier molecular flexibility index (Phi) is 5.35. The van der Waals surface area contributed by atoms with Gasteiger partial charge in [-0.3, -0.25) is 0 Å². The van der Waals surface area contributed by atoms with Crippen molar-refractivity contribution in [3.63, 3.8) is 0 Å². The quantitative estimate of drug-likeness (QED) is 0.784. The number of hydrogen-bond acceptors (Lipinski definition) is 3. The Hall–Kier alpha value is -1.19. The van der Waals surface area contributed by atoms with Crippen molar-refractivity contribution < 1.29 is 31.1 Å². The summed E-state index contributed by atoms with van der Waals surface area (Å²) in [6.07, 6.45) is -3.97. The van der Waals surface area contributed by atoms with E-state index in [4.69, 9.17) is 5.11 Å². The molecule has 120 valence electrons. The van der Waals surface area contributed by atoms with Crippen LogP contribution in [-0.4, -0.2) is 32.4 Å². The van der Waals surface area contributed by atoms with Crippen LogP contribution in [0.2, 0.25) is 0 Å². The highest BCUT2D eigenvalue weighted by atomic mass is 32.2. The number of nitrogens with one attached hydrogen (secondary N) is 1. The van der Waals surface area contributed by atoms with Crippen molar-refractivity contribution >= 4 is 10.0 Å². The van der Waals surface area contributed by atoms with Gasteiger partial charge in [-0.25, -0.2) is 21.9 Å². The van der Waals surface area contributed by atoms with E-state index < -0.39 is 35.5 Å². The van der Waals surface area contributed by atoms with Crippen molar-refractivity contribution in [3.8, 4) is 0 Å². The zero-order chi connectivity index (χ0) is 16.4. The van der Waals surface area contributed by atoms with E-state index >= 15 is 0 Å². The number of aliphatic hydroxyl groups is 1. The van der Waals surface area contributed by atoms with Crippen LogP contribution >= 0.6 is 0 Å². The fraction of sp³-hybridized carbons (Fsp3) is 0.500. The molecule has 0 aliphatic rings. The smallest absolute Gasteiger partial charge is 0.320 e. The summed E-state index contributed by atoms with van der Waals surface area (Å²) in [7, 11) is -4.38. The minimum Gasteiger partial charge on any atom is -0.392 e. The van der Waals surface area contributed by atoms with Crippen LogP contribution in [0.15, 0.2) is 17.0 Å². The third kappa shape index (κ3) is 4.14. The average Bonchev–Trinajstić information content (AvgIpc) is 2.36. The van der Waals surface area contributed by atoms with E-state index in [2.05, 4.69) is 0 Å². The van der Waals surface area contributed by atoms with E-state index in [1.54, 1.807) is 6.92 Å². The van der Waals surface area contributed by atoms with Crippen molar-refractivity contribution in [2.45, 2.75) is 37.7 Å². The highest BCUT2D eigenvalue weighted by molar-refractivity contribution is 7.89. The van der Waals surface area contributed by atoms with E-state index in [9.17, 15) is 26.0 Å². The maximum Gasteiger partial charge on any atom is 0.320 e. The number of aryl methyl sites for hydroxylation is 2. The molecule has 1 rings (SSSR count). The standard InChI is InChI=1S/C12H15F4NO3S/c1-7-3-8(2)10(4-9(7)5-18)21(19,20)17-6-12(15,16)11(13)14/h3-4,11,17-18H,5-6H2,1-2H3. The van der Waals surface area contributed by atoms with Gasteiger partial charge in [-0.05, 0) is 36.6 Å². The number of hydrogen-bond donors (Lipinski definition) is 2. The molecule has 2 N–H and O–H groups in total. The number of rotatable bonds is 6. The van der Waals surface area contributed by atoms with Gasteiger partial charge in [0.25, 0.3) is 0 Å². The molecule has 0 saturated heterocycles. The van der Waals surface area contributed by atoms with Gasteiger partial charge in [0, 0.05) is 0 Å². The molecule has 0 aliphatic carbocycles. The van der Waals surface area contributed by atoms with Gasteiger partial charge in [0.1, 0.15) is 0 Å². The van der Waals surface area contributed by atoms with Crippen LogP contribution in [0.4, 0.5) is 17.6 Å². The van der Waals surface area contributed by atoms with E-state index in [0.717, 1.165) is 6.07 Å². The van der Waals surface area contributed by atoms with E-state index in [0.29, 0.717) is 11.1 Å². The molecule has 0 spiro atoms. The second-order valence-corrected chi connectivity index (χ2v) is 6.32. The van der Waals surface area contributed by atoms with Crippen molar-refractivity contribution in [3.05, 3.63) is 28.8 Å². The second kappa shape index (κ2) is 6.29. The molecule has 1 aromatic carbocycles. The molecule has 0 amide bonds. The largest absolute Gasteiger partial charge is 0.392 e. The first-order chi connectivity index (χ1) is 9.51. The third-order valence-electron chi connectivity index (χ3n) is 2.91. The minimum absolute atomic E-state index is 0.262. The van der Waals surface area contributed by atoms with Crippen LogP contribution < -0.4 is 4.72 Å². The molecule has 21 heavy (non-hydrogen) atoms. The molecule has 1 aromatic rings. The molecular formula is C12H15F4NO3S. The zero-order valence-electron chi connectivity index (χ0n) is 11.3. The SMILES string of the molecule is Cc1cc(C)c(S(=O)(=O)NCC(F)(F)C(F)F)cc1CO. The van der Waals surface area contributed by atoms with Crippen LogP contribution in [0.1, 0.15) is 16.7 Å². The monoisotopic (exact) mass is 329 g/mol.